The Bertz CT molecular complexity index is 873. The van der Waals surface area contributed by atoms with Crippen LogP contribution in [-0.2, 0) is 9.59 Å². The third-order valence-corrected chi connectivity index (χ3v) is 4.90. The van der Waals surface area contributed by atoms with Gasteiger partial charge in [0.25, 0.3) is 5.91 Å². The van der Waals surface area contributed by atoms with E-state index in [1.807, 2.05) is 54.6 Å². The van der Waals surface area contributed by atoms with Gasteiger partial charge in [-0.15, -0.1) is 0 Å². The SMILES string of the molecule is O=C(C=Cc1ccccc1)N1CCN(C(=O)C2COc3ccccc3O2)CC1. The van der Waals surface area contributed by atoms with Crippen LogP contribution >= 0.6 is 0 Å². The van der Waals surface area contributed by atoms with Crippen LogP contribution in [0.3, 0.4) is 0 Å². The number of nitrogens with zero attached hydrogens (tertiary/aromatic N) is 2. The summed E-state index contributed by atoms with van der Waals surface area (Å²) in [5.74, 6) is 1.11. The monoisotopic (exact) mass is 378 g/mol. The average Bonchev–Trinajstić information content (AvgIpc) is 2.77. The number of para-hydroxylation sites is 2. The normalized spacial score (nSPS) is 18.9. The van der Waals surface area contributed by atoms with Crippen molar-refractivity contribution in [2.45, 2.75) is 6.10 Å². The lowest BCUT2D eigenvalue weighted by Gasteiger charge is -2.36. The number of benzene rings is 2. The summed E-state index contributed by atoms with van der Waals surface area (Å²) in [6.07, 6.45) is 2.75. The molecule has 0 N–H and O–H groups in total. The number of carbonyl (C=O) groups excluding carboxylic acids is 2. The van der Waals surface area contributed by atoms with Crippen molar-refractivity contribution < 1.29 is 19.1 Å². The predicted molar refractivity (Wildman–Crippen MR) is 105 cm³/mol. The molecule has 0 spiro atoms. The fourth-order valence-electron chi connectivity index (χ4n) is 3.33. The molecule has 0 aromatic heterocycles. The molecule has 2 amide bonds. The topological polar surface area (TPSA) is 59.1 Å². The number of piperazine rings is 1. The highest BCUT2D eigenvalue weighted by Crippen LogP contribution is 2.31. The maximum atomic E-state index is 12.8. The molecule has 4 rings (SSSR count). The average molecular weight is 378 g/mol. The van der Waals surface area contributed by atoms with Crippen LogP contribution in [0.2, 0.25) is 0 Å². The number of carbonyl (C=O) groups is 2. The Morgan fingerprint density at radius 2 is 1.50 bits per heavy atom. The molecule has 2 aromatic rings. The van der Waals surface area contributed by atoms with Gasteiger partial charge in [-0.3, -0.25) is 9.59 Å². The van der Waals surface area contributed by atoms with Gasteiger partial charge < -0.3 is 19.3 Å². The van der Waals surface area contributed by atoms with Gasteiger partial charge >= 0.3 is 0 Å². The molecule has 1 unspecified atom stereocenters. The van der Waals surface area contributed by atoms with Crippen LogP contribution in [0.15, 0.2) is 60.7 Å². The summed E-state index contributed by atoms with van der Waals surface area (Å²) < 4.78 is 11.4. The van der Waals surface area contributed by atoms with Gasteiger partial charge in [0, 0.05) is 32.3 Å². The molecule has 0 saturated carbocycles. The van der Waals surface area contributed by atoms with E-state index in [0.29, 0.717) is 37.7 Å². The van der Waals surface area contributed by atoms with E-state index < -0.39 is 6.10 Å². The number of hydrogen-bond donors (Lipinski definition) is 0. The van der Waals surface area contributed by atoms with Crippen molar-refractivity contribution in [1.29, 1.82) is 0 Å². The van der Waals surface area contributed by atoms with Gasteiger partial charge in [-0.05, 0) is 23.8 Å². The molecule has 1 saturated heterocycles. The number of rotatable bonds is 3. The zero-order chi connectivity index (χ0) is 19.3. The first-order valence-corrected chi connectivity index (χ1v) is 9.40. The lowest BCUT2D eigenvalue weighted by Crippen LogP contribution is -2.54. The van der Waals surface area contributed by atoms with E-state index in [-0.39, 0.29) is 18.4 Å². The van der Waals surface area contributed by atoms with Gasteiger partial charge in [-0.1, -0.05) is 42.5 Å². The standard InChI is InChI=1S/C22H22N2O4/c25-21(11-10-17-6-2-1-3-7-17)23-12-14-24(15-13-23)22(26)20-16-27-18-8-4-5-9-19(18)28-20/h1-11,20H,12-16H2. The lowest BCUT2D eigenvalue weighted by molar-refractivity contribution is -0.145. The Morgan fingerprint density at radius 1 is 0.857 bits per heavy atom. The molecule has 2 aliphatic heterocycles. The summed E-state index contributed by atoms with van der Waals surface area (Å²) in [4.78, 5) is 28.6. The highest BCUT2D eigenvalue weighted by Gasteiger charge is 2.33. The second kappa shape index (κ2) is 8.17. The Balaban J connectivity index is 1.30. The van der Waals surface area contributed by atoms with Crippen molar-refractivity contribution in [2.24, 2.45) is 0 Å². The molecular formula is C22H22N2O4. The van der Waals surface area contributed by atoms with E-state index >= 15 is 0 Å². The van der Waals surface area contributed by atoms with Gasteiger partial charge in [0.2, 0.25) is 12.0 Å². The van der Waals surface area contributed by atoms with Crippen molar-refractivity contribution in [2.75, 3.05) is 32.8 Å². The lowest BCUT2D eigenvalue weighted by atomic mass is 10.2. The van der Waals surface area contributed by atoms with Gasteiger partial charge in [0.05, 0.1) is 0 Å². The van der Waals surface area contributed by atoms with E-state index in [2.05, 4.69) is 0 Å². The molecule has 28 heavy (non-hydrogen) atoms. The van der Waals surface area contributed by atoms with Crippen LogP contribution in [0, 0.1) is 0 Å². The first kappa shape index (κ1) is 18.1. The van der Waals surface area contributed by atoms with E-state index in [4.69, 9.17) is 9.47 Å². The van der Waals surface area contributed by atoms with Crippen LogP contribution in [0.4, 0.5) is 0 Å². The second-order valence-electron chi connectivity index (χ2n) is 6.76. The second-order valence-corrected chi connectivity index (χ2v) is 6.76. The molecular weight excluding hydrogens is 356 g/mol. The van der Waals surface area contributed by atoms with Crippen LogP contribution in [0.5, 0.6) is 11.5 Å². The van der Waals surface area contributed by atoms with Crippen molar-refractivity contribution in [3.8, 4) is 11.5 Å². The van der Waals surface area contributed by atoms with Crippen molar-refractivity contribution >= 4 is 17.9 Å². The maximum Gasteiger partial charge on any atom is 0.267 e. The first-order chi connectivity index (χ1) is 13.7. The smallest absolute Gasteiger partial charge is 0.267 e. The molecule has 2 heterocycles. The third-order valence-electron chi connectivity index (χ3n) is 4.90. The summed E-state index contributed by atoms with van der Waals surface area (Å²) in [6, 6.07) is 17.0. The van der Waals surface area contributed by atoms with Gasteiger partial charge in [0.1, 0.15) is 6.61 Å². The zero-order valence-electron chi connectivity index (χ0n) is 15.5. The minimum atomic E-state index is -0.643. The zero-order valence-corrected chi connectivity index (χ0v) is 15.5. The van der Waals surface area contributed by atoms with Crippen LogP contribution < -0.4 is 9.47 Å². The van der Waals surface area contributed by atoms with E-state index in [1.54, 1.807) is 21.9 Å². The van der Waals surface area contributed by atoms with E-state index in [9.17, 15) is 9.59 Å². The number of fused-ring (bicyclic) bond motifs is 1. The largest absolute Gasteiger partial charge is 0.485 e. The summed E-state index contributed by atoms with van der Waals surface area (Å²) in [5.41, 5.74) is 0.986. The molecule has 1 atom stereocenters. The van der Waals surface area contributed by atoms with Crippen LogP contribution in [-0.4, -0.2) is 60.5 Å². The molecule has 0 radical (unpaired) electrons. The fraction of sp³-hybridized carbons (Fsp3) is 0.273. The number of amides is 2. The Hall–Kier alpha value is -3.28. The van der Waals surface area contributed by atoms with Gasteiger partial charge in [0.15, 0.2) is 11.5 Å². The highest BCUT2D eigenvalue weighted by atomic mass is 16.6. The highest BCUT2D eigenvalue weighted by molar-refractivity contribution is 5.92. The molecule has 6 heteroatoms. The summed E-state index contributed by atoms with van der Waals surface area (Å²) in [7, 11) is 0. The molecule has 0 aliphatic carbocycles. The maximum absolute atomic E-state index is 12.8. The molecule has 2 aromatic carbocycles. The molecule has 0 bridgehead atoms. The quantitative estimate of drug-likeness (QED) is 0.769. The Kier molecular flexibility index (Phi) is 5.28. The minimum absolute atomic E-state index is 0.0397. The molecule has 144 valence electrons. The summed E-state index contributed by atoms with van der Waals surface area (Å²) >= 11 is 0. The van der Waals surface area contributed by atoms with Gasteiger partial charge in [-0.2, -0.15) is 0 Å². The molecule has 6 nitrogen and oxygen atoms in total. The summed E-state index contributed by atoms with van der Waals surface area (Å²) in [5, 5.41) is 0. The summed E-state index contributed by atoms with van der Waals surface area (Å²) in [6.45, 7) is 2.20. The predicted octanol–water partition coefficient (Wildman–Crippen LogP) is 2.21. The van der Waals surface area contributed by atoms with Crippen molar-refractivity contribution in [3.63, 3.8) is 0 Å². The fourth-order valence-corrected chi connectivity index (χ4v) is 3.33. The third kappa shape index (κ3) is 4.01. The number of hydrogen-bond acceptors (Lipinski definition) is 4. The number of ether oxygens (including phenoxy) is 2. The van der Waals surface area contributed by atoms with Crippen molar-refractivity contribution in [3.05, 3.63) is 66.2 Å². The molecule has 1 fully saturated rings. The van der Waals surface area contributed by atoms with E-state index in [0.717, 1.165) is 5.56 Å². The Labute approximate surface area is 164 Å². The van der Waals surface area contributed by atoms with E-state index in [1.165, 1.54) is 0 Å². The van der Waals surface area contributed by atoms with Crippen LogP contribution in [0.1, 0.15) is 5.56 Å². The van der Waals surface area contributed by atoms with Crippen LogP contribution in [0.25, 0.3) is 6.08 Å². The van der Waals surface area contributed by atoms with Crippen molar-refractivity contribution in [1.82, 2.24) is 9.80 Å². The van der Waals surface area contributed by atoms with Gasteiger partial charge in [-0.25, -0.2) is 0 Å². The minimum Gasteiger partial charge on any atom is -0.485 e. The molecule has 2 aliphatic rings. The Morgan fingerprint density at radius 3 is 2.25 bits per heavy atom. The first-order valence-electron chi connectivity index (χ1n) is 9.40.